The van der Waals surface area contributed by atoms with E-state index in [-0.39, 0.29) is 24.9 Å². The van der Waals surface area contributed by atoms with Gasteiger partial charge >= 0.3 is 12.1 Å². The number of carboxylic acids is 1. The molecule has 0 atom stereocenters. The van der Waals surface area contributed by atoms with E-state index in [0.29, 0.717) is 36.5 Å². The number of carbonyl (C=O) groups is 1. The van der Waals surface area contributed by atoms with Crippen LogP contribution in [0.15, 0.2) is 30.3 Å². The minimum atomic E-state index is -4.13. The average molecular weight is 484 g/mol. The number of fused-ring (bicyclic) bond motifs is 1. The number of aliphatic carboxylic acids is 1. The summed E-state index contributed by atoms with van der Waals surface area (Å²) in [7, 11) is 0. The van der Waals surface area contributed by atoms with Gasteiger partial charge in [0, 0.05) is 11.9 Å². The van der Waals surface area contributed by atoms with Crippen LogP contribution in [0, 0.1) is 11.8 Å². The first-order valence-electron chi connectivity index (χ1n) is 11.6. The third-order valence-corrected chi connectivity index (χ3v) is 7.46. The summed E-state index contributed by atoms with van der Waals surface area (Å²) in [6, 6.07) is 9.87. The van der Waals surface area contributed by atoms with E-state index in [1.165, 1.54) is 0 Å². The van der Waals surface area contributed by atoms with Gasteiger partial charge in [-0.05, 0) is 81.1 Å². The summed E-state index contributed by atoms with van der Waals surface area (Å²) >= 11 is 6.66. The Kier molecular flexibility index (Phi) is 7.39. The molecule has 1 N–H and O–H groups in total. The lowest BCUT2D eigenvalue weighted by atomic mass is 9.87. The van der Waals surface area contributed by atoms with E-state index in [1.807, 2.05) is 12.1 Å². The number of halogens is 4. The highest BCUT2D eigenvalue weighted by Crippen LogP contribution is 2.40. The molecule has 1 aliphatic carbocycles. The Labute approximate surface area is 196 Å². The van der Waals surface area contributed by atoms with Gasteiger partial charge in [-0.2, -0.15) is 13.2 Å². The molecule has 8 heteroatoms. The van der Waals surface area contributed by atoms with Gasteiger partial charge in [0.1, 0.15) is 5.75 Å². The summed E-state index contributed by atoms with van der Waals surface area (Å²) < 4.78 is 44.8. The van der Waals surface area contributed by atoms with Gasteiger partial charge < -0.3 is 14.7 Å². The van der Waals surface area contributed by atoms with Crippen molar-refractivity contribution in [2.24, 2.45) is 11.8 Å². The van der Waals surface area contributed by atoms with Crippen LogP contribution in [0.4, 0.5) is 13.2 Å². The molecule has 0 amide bonds. The lowest BCUT2D eigenvalue weighted by Crippen LogP contribution is -2.37. The number of nitrogens with zero attached hydrogens (tertiary/aromatic N) is 1. The molecule has 2 aromatic carbocycles. The molecule has 2 aromatic rings. The second kappa shape index (κ2) is 10.1. The normalized spacial score (nSPS) is 23.0. The molecule has 1 aliphatic heterocycles. The first-order chi connectivity index (χ1) is 15.7. The lowest BCUT2D eigenvalue weighted by Gasteiger charge is -2.30. The molecule has 1 saturated carbocycles. The zero-order chi connectivity index (χ0) is 23.6. The monoisotopic (exact) mass is 483 g/mol. The molecule has 0 spiro atoms. The lowest BCUT2D eigenvalue weighted by molar-refractivity contribution is -0.185. The summed E-state index contributed by atoms with van der Waals surface area (Å²) in [5.74, 6) is -1.65. The van der Waals surface area contributed by atoms with E-state index in [4.69, 9.17) is 21.4 Å². The van der Waals surface area contributed by atoms with Gasteiger partial charge in [-0.1, -0.05) is 29.8 Å². The maximum atomic E-state index is 12.9. The van der Waals surface area contributed by atoms with Crippen molar-refractivity contribution in [3.05, 3.63) is 40.9 Å². The zero-order valence-corrected chi connectivity index (χ0v) is 19.2. The summed E-state index contributed by atoms with van der Waals surface area (Å²) in [5.41, 5.74) is 1.13. The second-order valence-electron chi connectivity index (χ2n) is 9.27. The summed E-state index contributed by atoms with van der Waals surface area (Å²) in [4.78, 5) is 13.4. The first kappa shape index (κ1) is 24.1. The highest BCUT2D eigenvalue weighted by molar-refractivity contribution is 6.37. The van der Waals surface area contributed by atoms with E-state index < -0.39 is 18.1 Å². The second-order valence-corrected chi connectivity index (χ2v) is 9.65. The average Bonchev–Trinajstić information content (AvgIpc) is 2.80. The number of rotatable bonds is 6. The summed E-state index contributed by atoms with van der Waals surface area (Å²) in [6.07, 6.45) is -1.26. The van der Waals surface area contributed by atoms with Gasteiger partial charge in [0.05, 0.1) is 23.0 Å². The number of ether oxygens (including phenoxy) is 1. The fourth-order valence-electron chi connectivity index (χ4n) is 4.94. The third-order valence-electron chi connectivity index (χ3n) is 7.07. The topological polar surface area (TPSA) is 49.8 Å². The van der Waals surface area contributed by atoms with Crippen LogP contribution in [0.1, 0.15) is 44.1 Å². The van der Waals surface area contributed by atoms with E-state index in [9.17, 15) is 18.0 Å². The molecule has 2 aliphatic rings. The molecule has 2 fully saturated rings. The van der Waals surface area contributed by atoms with E-state index in [1.54, 1.807) is 6.07 Å². The third kappa shape index (κ3) is 5.93. The van der Waals surface area contributed by atoms with E-state index in [2.05, 4.69) is 17.0 Å². The Bertz CT molecular complexity index is 981. The number of alkyl halides is 3. The van der Waals surface area contributed by atoms with E-state index in [0.717, 1.165) is 42.4 Å². The molecule has 4 nitrogen and oxygen atoms in total. The standard InChI is InChI=1S/C25H29ClF3NO3/c26-23-21-15-16(9-12-30-13-10-18(11-14-30)24(31)32)1-2-17(21)3-8-22(23)33-20-6-4-19(5-7-20)25(27,28)29/h1-3,8,15,18-20H,4-7,9-14H2,(H,31,32)/t19-,20+. The van der Waals surface area contributed by atoms with Crippen LogP contribution in [0.5, 0.6) is 5.75 Å². The van der Waals surface area contributed by atoms with Crippen molar-refractivity contribution in [1.82, 2.24) is 4.90 Å². The SMILES string of the molecule is O=C(O)C1CCN(CCc2ccc3ccc(O[C@H]4CC[C@@H](C(F)(F)F)CC4)c(Cl)c3c2)CC1. The quantitative estimate of drug-likeness (QED) is 0.521. The molecule has 0 bridgehead atoms. The van der Waals surface area contributed by atoms with Crippen molar-refractivity contribution in [2.45, 2.75) is 57.2 Å². The van der Waals surface area contributed by atoms with Crippen molar-refractivity contribution < 1.29 is 27.8 Å². The maximum absolute atomic E-state index is 12.9. The van der Waals surface area contributed by atoms with E-state index >= 15 is 0 Å². The number of hydrogen-bond donors (Lipinski definition) is 1. The first-order valence-corrected chi connectivity index (χ1v) is 12.0. The zero-order valence-electron chi connectivity index (χ0n) is 18.4. The van der Waals surface area contributed by atoms with Crippen LogP contribution < -0.4 is 4.74 Å². The fourth-order valence-corrected chi connectivity index (χ4v) is 5.21. The van der Waals surface area contributed by atoms with Gasteiger partial charge in [-0.15, -0.1) is 0 Å². The fraction of sp³-hybridized carbons (Fsp3) is 0.560. The van der Waals surface area contributed by atoms with Crippen molar-refractivity contribution in [3.63, 3.8) is 0 Å². The molecule has 4 rings (SSSR count). The van der Waals surface area contributed by atoms with Crippen molar-refractivity contribution in [2.75, 3.05) is 19.6 Å². The number of benzene rings is 2. The van der Waals surface area contributed by atoms with Crippen LogP contribution in [-0.2, 0) is 11.2 Å². The molecule has 180 valence electrons. The van der Waals surface area contributed by atoms with Crippen molar-refractivity contribution >= 4 is 28.3 Å². The maximum Gasteiger partial charge on any atom is 0.391 e. The van der Waals surface area contributed by atoms with Gasteiger partial charge in [-0.25, -0.2) is 0 Å². The molecule has 0 unspecified atom stereocenters. The number of piperidine rings is 1. The molecular weight excluding hydrogens is 455 g/mol. The number of hydrogen-bond acceptors (Lipinski definition) is 3. The van der Waals surface area contributed by atoms with Crippen LogP contribution in [0.3, 0.4) is 0 Å². The number of carboxylic acid groups (broad SMARTS) is 1. The molecule has 1 saturated heterocycles. The van der Waals surface area contributed by atoms with Crippen LogP contribution in [0.2, 0.25) is 5.02 Å². The van der Waals surface area contributed by atoms with Gasteiger partial charge in [0.2, 0.25) is 0 Å². The summed E-state index contributed by atoms with van der Waals surface area (Å²) in [5, 5.41) is 11.5. The highest BCUT2D eigenvalue weighted by Gasteiger charge is 2.41. The Morgan fingerprint density at radius 1 is 1.06 bits per heavy atom. The Hall–Kier alpha value is -1.99. The predicted molar refractivity (Wildman–Crippen MR) is 122 cm³/mol. The molecule has 0 aromatic heterocycles. The Balaban J connectivity index is 1.38. The van der Waals surface area contributed by atoms with Crippen molar-refractivity contribution in [3.8, 4) is 5.75 Å². The summed E-state index contributed by atoms with van der Waals surface area (Å²) in [6.45, 7) is 2.44. The van der Waals surface area contributed by atoms with Gasteiger partial charge in [-0.3, -0.25) is 4.79 Å². The Morgan fingerprint density at radius 2 is 1.73 bits per heavy atom. The Morgan fingerprint density at radius 3 is 2.36 bits per heavy atom. The molecular formula is C25H29ClF3NO3. The molecule has 33 heavy (non-hydrogen) atoms. The van der Waals surface area contributed by atoms with Gasteiger partial charge in [0.15, 0.2) is 0 Å². The predicted octanol–water partition coefficient (Wildman–Crippen LogP) is 6.33. The van der Waals surface area contributed by atoms with Crippen LogP contribution in [0.25, 0.3) is 10.8 Å². The van der Waals surface area contributed by atoms with Crippen LogP contribution >= 0.6 is 11.6 Å². The molecule has 0 radical (unpaired) electrons. The van der Waals surface area contributed by atoms with Gasteiger partial charge in [0.25, 0.3) is 0 Å². The minimum Gasteiger partial charge on any atom is -0.489 e. The largest absolute Gasteiger partial charge is 0.489 e. The number of likely N-dealkylation sites (tertiary alicyclic amines) is 1. The minimum absolute atomic E-state index is 0.0905. The molecule has 1 heterocycles. The van der Waals surface area contributed by atoms with Crippen LogP contribution in [-0.4, -0.2) is 47.9 Å². The highest BCUT2D eigenvalue weighted by atomic mass is 35.5. The smallest absolute Gasteiger partial charge is 0.391 e. The van der Waals surface area contributed by atoms with Crippen molar-refractivity contribution in [1.29, 1.82) is 0 Å².